The predicted octanol–water partition coefficient (Wildman–Crippen LogP) is 2.09. The van der Waals surface area contributed by atoms with Gasteiger partial charge in [0, 0.05) is 18.9 Å². The fourth-order valence-corrected chi connectivity index (χ4v) is 2.16. The SMILES string of the molecule is CCCNC(c1cnccn1)c1cc(C)nn1CC. The summed E-state index contributed by atoms with van der Waals surface area (Å²) >= 11 is 0. The molecule has 0 bridgehead atoms. The summed E-state index contributed by atoms with van der Waals surface area (Å²) in [7, 11) is 0. The van der Waals surface area contributed by atoms with E-state index in [1.165, 1.54) is 0 Å². The Hall–Kier alpha value is -1.75. The topological polar surface area (TPSA) is 55.6 Å². The maximum Gasteiger partial charge on any atom is 0.0937 e. The van der Waals surface area contributed by atoms with E-state index in [4.69, 9.17) is 0 Å². The van der Waals surface area contributed by atoms with Crippen molar-refractivity contribution >= 4 is 0 Å². The van der Waals surface area contributed by atoms with Crippen LogP contribution in [0.2, 0.25) is 0 Å². The summed E-state index contributed by atoms with van der Waals surface area (Å²) in [6.07, 6.45) is 6.32. The Morgan fingerprint density at radius 2 is 2.16 bits per heavy atom. The molecule has 1 N–H and O–H groups in total. The van der Waals surface area contributed by atoms with Crippen LogP contribution in [0.15, 0.2) is 24.7 Å². The molecule has 2 heterocycles. The van der Waals surface area contributed by atoms with Crippen molar-refractivity contribution in [2.45, 2.75) is 39.8 Å². The highest BCUT2D eigenvalue weighted by molar-refractivity contribution is 5.22. The zero-order valence-electron chi connectivity index (χ0n) is 11.8. The summed E-state index contributed by atoms with van der Waals surface area (Å²) in [5.74, 6) is 0. The third-order valence-electron chi connectivity index (χ3n) is 3.01. The fourth-order valence-electron chi connectivity index (χ4n) is 2.16. The summed E-state index contributed by atoms with van der Waals surface area (Å²) in [6, 6.07) is 2.17. The van der Waals surface area contributed by atoms with Crippen LogP contribution < -0.4 is 5.32 Å². The average Bonchev–Trinajstić information content (AvgIpc) is 2.81. The molecule has 2 aromatic rings. The number of nitrogens with zero attached hydrogens (tertiary/aromatic N) is 4. The highest BCUT2D eigenvalue weighted by Crippen LogP contribution is 2.20. The Morgan fingerprint density at radius 1 is 1.32 bits per heavy atom. The molecule has 19 heavy (non-hydrogen) atoms. The molecular formula is C14H21N5. The molecule has 0 amide bonds. The molecule has 0 aliphatic rings. The molecule has 0 radical (unpaired) electrons. The Morgan fingerprint density at radius 3 is 2.79 bits per heavy atom. The van der Waals surface area contributed by atoms with Crippen LogP contribution in [0.4, 0.5) is 0 Å². The van der Waals surface area contributed by atoms with Crippen molar-refractivity contribution in [3.8, 4) is 0 Å². The molecule has 2 aromatic heterocycles. The molecule has 5 nitrogen and oxygen atoms in total. The third-order valence-corrected chi connectivity index (χ3v) is 3.01. The Bertz CT molecular complexity index is 506. The molecule has 0 aliphatic carbocycles. The molecule has 0 aliphatic heterocycles. The van der Waals surface area contributed by atoms with Gasteiger partial charge in [-0.1, -0.05) is 6.92 Å². The highest BCUT2D eigenvalue weighted by atomic mass is 15.3. The van der Waals surface area contributed by atoms with E-state index < -0.39 is 0 Å². The number of rotatable bonds is 6. The van der Waals surface area contributed by atoms with Gasteiger partial charge in [0.25, 0.3) is 0 Å². The van der Waals surface area contributed by atoms with Crippen LogP contribution in [0.25, 0.3) is 0 Å². The van der Waals surface area contributed by atoms with E-state index in [1.54, 1.807) is 12.4 Å². The fraction of sp³-hybridized carbons (Fsp3) is 0.500. The van der Waals surface area contributed by atoms with Crippen LogP contribution in [-0.2, 0) is 6.54 Å². The Balaban J connectivity index is 2.36. The maximum absolute atomic E-state index is 4.51. The van der Waals surface area contributed by atoms with Crippen molar-refractivity contribution in [3.63, 3.8) is 0 Å². The number of hydrogen-bond acceptors (Lipinski definition) is 4. The van der Waals surface area contributed by atoms with E-state index in [9.17, 15) is 0 Å². The molecule has 1 atom stereocenters. The maximum atomic E-state index is 4.51. The van der Waals surface area contributed by atoms with Crippen LogP contribution in [0.1, 0.15) is 43.4 Å². The van der Waals surface area contributed by atoms with Gasteiger partial charge in [0.2, 0.25) is 0 Å². The summed E-state index contributed by atoms with van der Waals surface area (Å²) in [6.45, 7) is 8.07. The number of hydrogen-bond donors (Lipinski definition) is 1. The first-order chi connectivity index (χ1) is 9.26. The Labute approximate surface area is 114 Å². The molecule has 0 aromatic carbocycles. The van der Waals surface area contributed by atoms with Gasteiger partial charge < -0.3 is 5.32 Å². The second-order valence-electron chi connectivity index (χ2n) is 4.54. The molecule has 0 saturated carbocycles. The number of aromatic nitrogens is 4. The first-order valence-corrected chi connectivity index (χ1v) is 6.79. The smallest absolute Gasteiger partial charge is 0.0937 e. The van der Waals surface area contributed by atoms with Gasteiger partial charge in [0.15, 0.2) is 0 Å². The summed E-state index contributed by atoms with van der Waals surface area (Å²) < 4.78 is 2.03. The summed E-state index contributed by atoms with van der Waals surface area (Å²) in [5, 5.41) is 8.04. The molecule has 0 saturated heterocycles. The minimum atomic E-state index is 0.0507. The average molecular weight is 259 g/mol. The normalized spacial score (nSPS) is 12.6. The molecule has 1 unspecified atom stereocenters. The second-order valence-corrected chi connectivity index (χ2v) is 4.54. The van der Waals surface area contributed by atoms with Crippen LogP contribution >= 0.6 is 0 Å². The zero-order chi connectivity index (χ0) is 13.7. The van der Waals surface area contributed by atoms with Gasteiger partial charge in [-0.15, -0.1) is 0 Å². The Kier molecular flexibility index (Phi) is 4.63. The van der Waals surface area contributed by atoms with Crippen LogP contribution in [0.3, 0.4) is 0 Å². The van der Waals surface area contributed by atoms with Crippen molar-refractivity contribution in [1.82, 2.24) is 25.1 Å². The lowest BCUT2D eigenvalue weighted by Gasteiger charge is -2.18. The number of aryl methyl sites for hydroxylation is 2. The monoisotopic (exact) mass is 259 g/mol. The zero-order valence-corrected chi connectivity index (χ0v) is 11.8. The van der Waals surface area contributed by atoms with Crippen molar-refractivity contribution in [3.05, 3.63) is 41.7 Å². The lowest BCUT2D eigenvalue weighted by atomic mass is 10.1. The van der Waals surface area contributed by atoms with E-state index >= 15 is 0 Å². The largest absolute Gasteiger partial charge is 0.304 e. The van der Waals surface area contributed by atoms with E-state index in [0.29, 0.717) is 0 Å². The lowest BCUT2D eigenvalue weighted by Crippen LogP contribution is -2.26. The molecule has 5 heteroatoms. The van der Waals surface area contributed by atoms with E-state index in [2.05, 4.69) is 40.3 Å². The molecule has 2 rings (SSSR count). The van der Waals surface area contributed by atoms with Gasteiger partial charge in [-0.2, -0.15) is 5.10 Å². The molecular weight excluding hydrogens is 238 g/mol. The van der Waals surface area contributed by atoms with Crippen molar-refractivity contribution < 1.29 is 0 Å². The molecule has 0 fully saturated rings. The van der Waals surface area contributed by atoms with Gasteiger partial charge in [-0.3, -0.25) is 14.6 Å². The van der Waals surface area contributed by atoms with Crippen LogP contribution in [-0.4, -0.2) is 26.3 Å². The summed E-state index contributed by atoms with van der Waals surface area (Å²) in [4.78, 5) is 8.60. The van der Waals surface area contributed by atoms with Crippen LogP contribution in [0, 0.1) is 6.92 Å². The van der Waals surface area contributed by atoms with Gasteiger partial charge >= 0.3 is 0 Å². The van der Waals surface area contributed by atoms with E-state index in [1.807, 2.05) is 17.8 Å². The van der Waals surface area contributed by atoms with Gasteiger partial charge in [-0.05, 0) is 32.9 Å². The first kappa shape index (κ1) is 13.7. The molecule has 102 valence electrons. The van der Waals surface area contributed by atoms with Crippen molar-refractivity contribution in [2.24, 2.45) is 0 Å². The standard InChI is InChI=1S/C14H21N5/c1-4-6-17-14(12-10-15-7-8-16-12)13-9-11(3)18-19(13)5-2/h7-10,14,17H,4-6H2,1-3H3. The summed E-state index contributed by atoms with van der Waals surface area (Å²) in [5.41, 5.74) is 3.11. The molecule has 0 spiro atoms. The minimum Gasteiger partial charge on any atom is -0.304 e. The third kappa shape index (κ3) is 3.17. The van der Waals surface area contributed by atoms with Gasteiger partial charge in [0.1, 0.15) is 0 Å². The first-order valence-electron chi connectivity index (χ1n) is 6.79. The quantitative estimate of drug-likeness (QED) is 0.863. The minimum absolute atomic E-state index is 0.0507. The lowest BCUT2D eigenvalue weighted by molar-refractivity contribution is 0.520. The van der Waals surface area contributed by atoms with E-state index in [0.717, 1.165) is 36.6 Å². The van der Waals surface area contributed by atoms with Crippen molar-refractivity contribution in [1.29, 1.82) is 0 Å². The van der Waals surface area contributed by atoms with E-state index in [-0.39, 0.29) is 6.04 Å². The van der Waals surface area contributed by atoms with Gasteiger partial charge in [0.05, 0.1) is 29.3 Å². The second kappa shape index (κ2) is 6.43. The van der Waals surface area contributed by atoms with Crippen LogP contribution in [0.5, 0.6) is 0 Å². The van der Waals surface area contributed by atoms with Gasteiger partial charge in [-0.25, -0.2) is 0 Å². The highest BCUT2D eigenvalue weighted by Gasteiger charge is 2.19. The number of nitrogens with one attached hydrogen (secondary N) is 1. The van der Waals surface area contributed by atoms with Crippen molar-refractivity contribution in [2.75, 3.05) is 6.54 Å². The predicted molar refractivity (Wildman–Crippen MR) is 74.8 cm³/mol.